The fourth-order valence-corrected chi connectivity index (χ4v) is 7.31. The second-order valence-corrected chi connectivity index (χ2v) is 18.1. The molecule has 0 aliphatic carbocycles. The summed E-state index contributed by atoms with van der Waals surface area (Å²) in [5.41, 5.74) is 0. The highest BCUT2D eigenvalue weighted by molar-refractivity contribution is 5.71. The predicted molar refractivity (Wildman–Crippen MR) is 293 cm³/mol. The molecule has 0 fully saturated rings. The zero-order valence-electron chi connectivity index (χ0n) is 44.1. The summed E-state index contributed by atoms with van der Waals surface area (Å²) in [6, 6.07) is 0. The second-order valence-electron chi connectivity index (χ2n) is 18.1. The molecule has 68 heavy (non-hydrogen) atoms. The molecular weight excluding hydrogens is 841 g/mol. The van der Waals surface area contributed by atoms with Gasteiger partial charge < -0.3 is 14.2 Å². The van der Waals surface area contributed by atoms with Crippen molar-refractivity contribution in [1.29, 1.82) is 0 Å². The van der Waals surface area contributed by atoms with E-state index in [-0.39, 0.29) is 44.0 Å². The highest BCUT2D eigenvalue weighted by atomic mass is 16.6. The Morgan fingerprint density at radius 1 is 0.309 bits per heavy atom. The van der Waals surface area contributed by atoms with Gasteiger partial charge in [0.2, 0.25) is 0 Å². The third kappa shape index (κ3) is 53.0. The van der Waals surface area contributed by atoms with Crippen LogP contribution in [-0.4, -0.2) is 37.2 Å². The average Bonchev–Trinajstić information content (AvgIpc) is 3.34. The van der Waals surface area contributed by atoms with Gasteiger partial charge >= 0.3 is 17.9 Å². The molecule has 0 bridgehead atoms. The number of unbranched alkanes of at least 4 members (excludes halogenated alkanes) is 20. The smallest absolute Gasteiger partial charge is 0.306 e. The largest absolute Gasteiger partial charge is 0.462 e. The maximum absolute atomic E-state index is 12.8. The molecule has 386 valence electrons. The van der Waals surface area contributed by atoms with Crippen LogP contribution in [-0.2, 0) is 28.6 Å². The molecule has 0 spiro atoms. The van der Waals surface area contributed by atoms with Crippen molar-refractivity contribution in [2.45, 2.75) is 252 Å². The van der Waals surface area contributed by atoms with E-state index in [1.165, 1.54) is 103 Å². The molecule has 0 radical (unpaired) electrons. The van der Waals surface area contributed by atoms with Crippen LogP contribution in [0.5, 0.6) is 0 Å². The number of rotatable bonds is 49. The van der Waals surface area contributed by atoms with Crippen LogP contribution < -0.4 is 0 Å². The van der Waals surface area contributed by atoms with E-state index in [4.69, 9.17) is 14.2 Å². The zero-order valence-corrected chi connectivity index (χ0v) is 44.1. The van der Waals surface area contributed by atoms with Crippen molar-refractivity contribution in [2.75, 3.05) is 13.2 Å². The van der Waals surface area contributed by atoms with Gasteiger partial charge in [0.25, 0.3) is 0 Å². The molecule has 0 aromatic carbocycles. The number of ether oxygens (including phenoxy) is 3. The van der Waals surface area contributed by atoms with E-state index in [9.17, 15) is 14.4 Å². The Balaban J connectivity index is 4.58. The van der Waals surface area contributed by atoms with E-state index in [2.05, 4.69) is 130 Å². The summed E-state index contributed by atoms with van der Waals surface area (Å²) in [7, 11) is 0. The normalized spacial score (nSPS) is 12.9. The third-order valence-electron chi connectivity index (χ3n) is 11.5. The Morgan fingerprint density at radius 3 is 0.971 bits per heavy atom. The van der Waals surface area contributed by atoms with Crippen molar-refractivity contribution >= 4 is 17.9 Å². The quantitative estimate of drug-likeness (QED) is 0.0262. The van der Waals surface area contributed by atoms with Crippen LogP contribution in [0, 0.1) is 0 Å². The average molecular weight is 943 g/mol. The van der Waals surface area contributed by atoms with Crippen molar-refractivity contribution in [2.24, 2.45) is 0 Å². The first-order valence-electron chi connectivity index (χ1n) is 27.9. The molecule has 0 aliphatic heterocycles. The maximum Gasteiger partial charge on any atom is 0.306 e. The Labute approximate surface area is 419 Å². The minimum Gasteiger partial charge on any atom is -0.462 e. The van der Waals surface area contributed by atoms with Crippen LogP contribution in [0.1, 0.15) is 245 Å². The molecule has 0 aromatic heterocycles. The molecule has 0 heterocycles. The van der Waals surface area contributed by atoms with Gasteiger partial charge in [-0.25, -0.2) is 0 Å². The van der Waals surface area contributed by atoms with E-state index < -0.39 is 6.10 Å². The number of esters is 3. The molecule has 1 atom stereocenters. The van der Waals surface area contributed by atoms with Gasteiger partial charge in [-0.1, -0.05) is 220 Å². The summed E-state index contributed by atoms with van der Waals surface area (Å²) in [6.45, 7) is 6.41. The first-order chi connectivity index (χ1) is 33.5. The first-order valence-corrected chi connectivity index (χ1v) is 27.9. The van der Waals surface area contributed by atoms with Gasteiger partial charge in [-0.15, -0.1) is 0 Å². The highest BCUT2D eigenvalue weighted by Gasteiger charge is 2.19. The summed E-state index contributed by atoms with van der Waals surface area (Å²) >= 11 is 0. The lowest BCUT2D eigenvalue weighted by molar-refractivity contribution is -0.167. The Bertz CT molecular complexity index is 1410. The van der Waals surface area contributed by atoms with E-state index in [0.717, 1.165) is 89.9 Å². The first kappa shape index (κ1) is 64.1. The van der Waals surface area contributed by atoms with E-state index >= 15 is 0 Å². The Hall–Kier alpha value is -3.93. The lowest BCUT2D eigenvalue weighted by Crippen LogP contribution is -2.30. The van der Waals surface area contributed by atoms with Crippen LogP contribution >= 0.6 is 0 Å². The van der Waals surface area contributed by atoms with Crippen LogP contribution in [0.4, 0.5) is 0 Å². The SMILES string of the molecule is CC/C=C\C/C=C\C/C=C\C/C=C\C/C=C\CCCC(=O)OCC(COC(=O)CCCCCCC/C=C\CCCCCCCCC)OC(=O)CCC/C=C\C/C=C\C/C=C\CCCCCCCC. The van der Waals surface area contributed by atoms with Gasteiger partial charge in [0.1, 0.15) is 13.2 Å². The number of carbonyl (C=O) groups excluding carboxylic acids is 3. The predicted octanol–water partition coefficient (Wildman–Crippen LogP) is 18.7. The van der Waals surface area contributed by atoms with Gasteiger partial charge in [0.05, 0.1) is 0 Å². The molecule has 6 nitrogen and oxygen atoms in total. The van der Waals surface area contributed by atoms with E-state index in [0.29, 0.717) is 19.3 Å². The van der Waals surface area contributed by atoms with Crippen LogP contribution in [0.2, 0.25) is 0 Å². The van der Waals surface area contributed by atoms with Gasteiger partial charge in [0, 0.05) is 19.3 Å². The van der Waals surface area contributed by atoms with Crippen LogP contribution in [0.15, 0.2) is 109 Å². The molecular formula is C62H102O6. The number of carbonyl (C=O) groups is 3. The van der Waals surface area contributed by atoms with Crippen molar-refractivity contribution in [3.63, 3.8) is 0 Å². The van der Waals surface area contributed by atoms with Gasteiger partial charge in [-0.05, 0) is 116 Å². The standard InChI is InChI=1S/C62H102O6/c1-4-7-10-13-16-19-22-25-28-31-34-37-40-43-46-49-52-55-61(64)67-58-59(57-66-60(63)54-51-48-45-42-39-36-33-30-27-24-21-18-15-12-9-6-3)68-62(65)56-53-50-47-44-41-38-35-32-29-26-23-20-17-14-11-8-5-2/h7,10,16,19,25-26,28-30,33-35,37-38,43-44,46-47,59H,4-6,8-9,11-15,17-18,20-24,27,31-32,36,39-42,45,48-58H2,1-3H3/b10-7-,19-16-,28-25-,29-26-,33-30-,37-34-,38-35-,46-43-,47-44-. The molecule has 0 N–H and O–H groups in total. The molecule has 0 amide bonds. The molecule has 0 rings (SSSR count). The summed E-state index contributed by atoms with van der Waals surface area (Å²) in [5.74, 6) is -1.04. The fourth-order valence-electron chi connectivity index (χ4n) is 7.31. The monoisotopic (exact) mass is 943 g/mol. The van der Waals surface area contributed by atoms with Crippen molar-refractivity contribution < 1.29 is 28.6 Å². The summed E-state index contributed by atoms with van der Waals surface area (Å²) in [5, 5.41) is 0. The Morgan fingerprint density at radius 2 is 0.588 bits per heavy atom. The number of hydrogen-bond donors (Lipinski definition) is 0. The molecule has 0 aromatic rings. The molecule has 0 aliphatic rings. The Kier molecular flexibility index (Phi) is 52.4. The van der Waals surface area contributed by atoms with E-state index in [1.54, 1.807) is 0 Å². The second kappa shape index (κ2) is 55.7. The lowest BCUT2D eigenvalue weighted by Gasteiger charge is -2.18. The van der Waals surface area contributed by atoms with Crippen molar-refractivity contribution in [1.82, 2.24) is 0 Å². The van der Waals surface area contributed by atoms with Gasteiger partial charge in [0.15, 0.2) is 6.10 Å². The fraction of sp³-hybridized carbons (Fsp3) is 0.661. The molecule has 0 saturated heterocycles. The van der Waals surface area contributed by atoms with Gasteiger partial charge in [-0.3, -0.25) is 14.4 Å². The zero-order chi connectivity index (χ0) is 49.3. The van der Waals surface area contributed by atoms with E-state index in [1.807, 2.05) is 0 Å². The van der Waals surface area contributed by atoms with Crippen molar-refractivity contribution in [3.05, 3.63) is 109 Å². The maximum atomic E-state index is 12.8. The molecule has 1 unspecified atom stereocenters. The van der Waals surface area contributed by atoms with Gasteiger partial charge in [-0.2, -0.15) is 0 Å². The van der Waals surface area contributed by atoms with Crippen LogP contribution in [0.3, 0.4) is 0 Å². The molecule has 0 saturated carbocycles. The number of allylic oxidation sites excluding steroid dienone is 18. The summed E-state index contributed by atoms with van der Waals surface area (Å²) in [6.07, 6.45) is 75.2. The van der Waals surface area contributed by atoms with Crippen molar-refractivity contribution in [3.8, 4) is 0 Å². The summed E-state index contributed by atoms with van der Waals surface area (Å²) in [4.78, 5) is 38.1. The highest BCUT2D eigenvalue weighted by Crippen LogP contribution is 2.13. The lowest BCUT2D eigenvalue weighted by atomic mass is 10.1. The minimum absolute atomic E-state index is 0.121. The summed E-state index contributed by atoms with van der Waals surface area (Å²) < 4.78 is 16.7. The third-order valence-corrected chi connectivity index (χ3v) is 11.5. The molecule has 6 heteroatoms. The minimum atomic E-state index is -0.833. The topological polar surface area (TPSA) is 78.9 Å². The number of hydrogen-bond acceptors (Lipinski definition) is 6. The van der Waals surface area contributed by atoms with Crippen LogP contribution in [0.25, 0.3) is 0 Å².